The zero-order valence-electron chi connectivity index (χ0n) is 13.9. The molecule has 2 amide bonds. The summed E-state index contributed by atoms with van der Waals surface area (Å²) in [5.74, 6) is 0.471. The molecule has 0 radical (unpaired) electrons. The van der Waals surface area contributed by atoms with Crippen molar-refractivity contribution in [3.63, 3.8) is 0 Å². The van der Waals surface area contributed by atoms with Crippen molar-refractivity contribution in [2.75, 3.05) is 19.7 Å². The molecule has 0 fully saturated rings. The highest BCUT2D eigenvalue weighted by atomic mass is 16.3. The van der Waals surface area contributed by atoms with E-state index in [4.69, 9.17) is 5.11 Å². The number of aromatic nitrogens is 2. The maximum Gasteiger partial charge on any atom is 0.223 e. The lowest BCUT2D eigenvalue weighted by molar-refractivity contribution is -0.133. The molecule has 1 aliphatic heterocycles. The number of nitrogens with one attached hydrogen (secondary N) is 1. The van der Waals surface area contributed by atoms with Crippen LogP contribution in [0.15, 0.2) is 6.07 Å². The summed E-state index contributed by atoms with van der Waals surface area (Å²) in [6.45, 7) is 6.32. The van der Waals surface area contributed by atoms with E-state index in [0.29, 0.717) is 44.8 Å². The number of nitrogens with zero attached hydrogens (tertiary/aromatic N) is 3. The predicted molar refractivity (Wildman–Crippen MR) is 85.5 cm³/mol. The van der Waals surface area contributed by atoms with E-state index in [-0.39, 0.29) is 25.0 Å². The van der Waals surface area contributed by atoms with E-state index >= 15 is 0 Å². The molecule has 2 rings (SSSR count). The van der Waals surface area contributed by atoms with Gasteiger partial charge in [-0.25, -0.2) is 0 Å². The lowest BCUT2D eigenvalue weighted by Gasteiger charge is -2.28. The number of fused-ring (bicyclic) bond motifs is 1. The van der Waals surface area contributed by atoms with E-state index in [2.05, 4.69) is 10.4 Å². The minimum Gasteiger partial charge on any atom is -0.395 e. The van der Waals surface area contributed by atoms with Gasteiger partial charge in [-0.15, -0.1) is 0 Å². The van der Waals surface area contributed by atoms with E-state index in [1.54, 1.807) is 0 Å². The third-order valence-electron chi connectivity index (χ3n) is 3.83. The maximum atomic E-state index is 12.2. The van der Waals surface area contributed by atoms with Crippen molar-refractivity contribution in [3.8, 4) is 0 Å². The smallest absolute Gasteiger partial charge is 0.223 e. The average Bonchev–Trinajstić information content (AvgIpc) is 2.92. The van der Waals surface area contributed by atoms with Crippen molar-refractivity contribution in [1.29, 1.82) is 0 Å². The van der Waals surface area contributed by atoms with Crippen LogP contribution in [-0.4, -0.2) is 51.3 Å². The van der Waals surface area contributed by atoms with Crippen LogP contribution in [0, 0.1) is 5.92 Å². The minimum absolute atomic E-state index is 0.0508. The molecule has 2 N–H and O–H groups in total. The van der Waals surface area contributed by atoms with E-state index < -0.39 is 0 Å². The Balaban J connectivity index is 1.88. The summed E-state index contributed by atoms with van der Waals surface area (Å²) in [5, 5.41) is 15.8. The van der Waals surface area contributed by atoms with Crippen LogP contribution in [-0.2, 0) is 29.1 Å². The fourth-order valence-electron chi connectivity index (χ4n) is 2.66. The largest absolute Gasteiger partial charge is 0.395 e. The Morgan fingerprint density at radius 1 is 1.39 bits per heavy atom. The van der Waals surface area contributed by atoms with Gasteiger partial charge in [0.25, 0.3) is 0 Å². The number of aliphatic hydroxyl groups excluding tert-OH is 1. The fraction of sp³-hybridized carbons (Fsp3) is 0.688. The van der Waals surface area contributed by atoms with Crippen molar-refractivity contribution >= 4 is 11.8 Å². The molecule has 128 valence electrons. The Morgan fingerprint density at radius 3 is 2.87 bits per heavy atom. The van der Waals surface area contributed by atoms with Gasteiger partial charge in [0.2, 0.25) is 11.8 Å². The third kappa shape index (κ3) is 5.06. The molecular formula is C16H26N4O3. The van der Waals surface area contributed by atoms with Crippen LogP contribution in [0.25, 0.3) is 0 Å². The van der Waals surface area contributed by atoms with E-state index in [1.165, 1.54) is 0 Å². The summed E-state index contributed by atoms with van der Waals surface area (Å²) in [6, 6.07) is 1.98. The fourth-order valence-corrected chi connectivity index (χ4v) is 2.66. The van der Waals surface area contributed by atoms with Crippen molar-refractivity contribution in [2.24, 2.45) is 5.92 Å². The monoisotopic (exact) mass is 322 g/mol. The van der Waals surface area contributed by atoms with E-state index in [9.17, 15) is 9.59 Å². The van der Waals surface area contributed by atoms with Gasteiger partial charge in [-0.1, -0.05) is 13.8 Å². The summed E-state index contributed by atoms with van der Waals surface area (Å²) in [7, 11) is 0. The van der Waals surface area contributed by atoms with Crippen LogP contribution in [0.1, 0.15) is 38.1 Å². The quantitative estimate of drug-likeness (QED) is 0.756. The number of rotatable bonds is 7. The van der Waals surface area contributed by atoms with E-state index in [0.717, 1.165) is 11.4 Å². The van der Waals surface area contributed by atoms with Crippen molar-refractivity contribution in [1.82, 2.24) is 20.0 Å². The molecule has 0 saturated heterocycles. The Morgan fingerprint density at radius 2 is 2.17 bits per heavy atom. The summed E-state index contributed by atoms with van der Waals surface area (Å²) < 4.78 is 1.93. The summed E-state index contributed by atoms with van der Waals surface area (Å²) in [6.07, 6.45) is 1.50. The van der Waals surface area contributed by atoms with Gasteiger partial charge >= 0.3 is 0 Å². The van der Waals surface area contributed by atoms with Crippen LogP contribution in [0.5, 0.6) is 0 Å². The van der Waals surface area contributed by atoms with Gasteiger partial charge in [0.05, 0.1) is 31.1 Å². The van der Waals surface area contributed by atoms with Gasteiger partial charge < -0.3 is 15.3 Å². The second-order valence-corrected chi connectivity index (χ2v) is 6.34. The molecule has 2 heterocycles. The molecule has 7 heteroatoms. The summed E-state index contributed by atoms with van der Waals surface area (Å²) in [4.78, 5) is 25.6. The number of hydrogen-bond acceptors (Lipinski definition) is 4. The van der Waals surface area contributed by atoms with Gasteiger partial charge in [0.1, 0.15) is 0 Å². The number of carbonyl (C=O) groups excluding carboxylic acids is 2. The first kappa shape index (κ1) is 17.5. The van der Waals surface area contributed by atoms with E-state index in [1.807, 2.05) is 29.5 Å². The van der Waals surface area contributed by atoms with Crippen molar-refractivity contribution < 1.29 is 14.7 Å². The molecule has 1 aromatic rings. The Labute approximate surface area is 136 Å². The zero-order chi connectivity index (χ0) is 16.8. The minimum atomic E-state index is -0.0845. The molecule has 7 nitrogen and oxygen atoms in total. The van der Waals surface area contributed by atoms with Crippen LogP contribution < -0.4 is 5.32 Å². The Kier molecular flexibility index (Phi) is 6.15. The first-order valence-electron chi connectivity index (χ1n) is 8.20. The van der Waals surface area contributed by atoms with Crippen LogP contribution in [0.4, 0.5) is 0 Å². The van der Waals surface area contributed by atoms with Crippen LogP contribution >= 0.6 is 0 Å². The highest BCUT2D eigenvalue weighted by molar-refractivity contribution is 5.76. The SMILES string of the molecule is CC(C)CC(=O)N1CCn2nc(CCC(=O)NCCO)cc2C1. The molecule has 23 heavy (non-hydrogen) atoms. The molecule has 1 aliphatic rings. The molecule has 0 atom stereocenters. The summed E-state index contributed by atoms with van der Waals surface area (Å²) >= 11 is 0. The first-order chi connectivity index (χ1) is 11.0. The van der Waals surface area contributed by atoms with Crippen molar-refractivity contribution in [2.45, 2.75) is 46.2 Å². The highest BCUT2D eigenvalue weighted by Crippen LogP contribution is 2.16. The van der Waals surface area contributed by atoms with Crippen LogP contribution in [0.3, 0.4) is 0 Å². The lowest BCUT2D eigenvalue weighted by atomic mass is 10.1. The second kappa shape index (κ2) is 8.10. The Bertz CT molecular complexity index is 554. The molecule has 0 spiro atoms. The average molecular weight is 322 g/mol. The normalized spacial score (nSPS) is 14.0. The van der Waals surface area contributed by atoms with Crippen LogP contribution in [0.2, 0.25) is 0 Å². The predicted octanol–water partition coefficient (Wildman–Crippen LogP) is 0.313. The van der Waals surface area contributed by atoms with Gasteiger partial charge in [0, 0.05) is 32.4 Å². The first-order valence-corrected chi connectivity index (χ1v) is 8.20. The zero-order valence-corrected chi connectivity index (χ0v) is 13.9. The standard InChI is InChI=1S/C16H26N4O3/c1-12(2)9-16(23)19-6-7-20-14(11-19)10-13(18-20)3-4-15(22)17-5-8-21/h10,12,21H,3-9,11H2,1-2H3,(H,17,22). The number of aryl methyl sites for hydroxylation is 1. The number of hydrogen-bond donors (Lipinski definition) is 2. The van der Waals surface area contributed by atoms with Gasteiger partial charge in [-0.05, 0) is 12.0 Å². The molecule has 1 aromatic heterocycles. The molecule has 0 unspecified atom stereocenters. The molecule has 0 aliphatic carbocycles. The van der Waals surface area contributed by atoms with Gasteiger partial charge in [0.15, 0.2) is 0 Å². The molecular weight excluding hydrogens is 296 g/mol. The summed E-state index contributed by atoms with van der Waals surface area (Å²) in [5.41, 5.74) is 1.90. The number of carbonyl (C=O) groups is 2. The van der Waals surface area contributed by atoms with Crippen molar-refractivity contribution in [3.05, 3.63) is 17.5 Å². The topological polar surface area (TPSA) is 87.5 Å². The Hall–Kier alpha value is -1.89. The molecule has 0 saturated carbocycles. The third-order valence-corrected chi connectivity index (χ3v) is 3.83. The highest BCUT2D eigenvalue weighted by Gasteiger charge is 2.22. The van der Waals surface area contributed by atoms with Gasteiger partial charge in [-0.3, -0.25) is 14.3 Å². The molecule has 0 aromatic carbocycles. The molecule has 0 bridgehead atoms. The van der Waals surface area contributed by atoms with Gasteiger partial charge in [-0.2, -0.15) is 5.10 Å². The second-order valence-electron chi connectivity index (χ2n) is 6.34. The lowest BCUT2D eigenvalue weighted by Crippen LogP contribution is -2.38. The maximum absolute atomic E-state index is 12.2. The number of aliphatic hydroxyl groups is 1. The number of amides is 2.